The molecule has 0 atom stereocenters. The third-order valence-electron chi connectivity index (χ3n) is 2.29. The van der Waals surface area contributed by atoms with Crippen LogP contribution in [0, 0.1) is 6.92 Å². The Morgan fingerprint density at radius 2 is 2.25 bits per heavy atom. The van der Waals surface area contributed by atoms with Gasteiger partial charge in [0.05, 0.1) is 17.3 Å². The fraction of sp³-hybridized carbons (Fsp3) is 0.200. The monoisotopic (exact) mass is 237 g/mol. The number of nitrogen functional groups attached to an aromatic ring is 1. The van der Waals surface area contributed by atoms with Gasteiger partial charge in [0.2, 0.25) is 0 Å². The molecule has 2 heterocycles. The topological polar surface area (TPSA) is 68.8 Å². The average Bonchev–Trinajstić information content (AvgIpc) is 2.68. The molecule has 5 nitrogen and oxygen atoms in total. The number of halogens is 1. The molecule has 0 aliphatic heterocycles. The van der Waals surface area contributed by atoms with Gasteiger partial charge in [0.25, 0.3) is 0 Å². The summed E-state index contributed by atoms with van der Waals surface area (Å²) in [7, 11) is 0. The summed E-state index contributed by atoms with van der Waals surface area (Å²) >= 11 is 6.05. The number of hydrazine groups is 1. The van der Waals surface area contributed by atoms with Crippen molar-refractivity contribution in [2.24, 2.45) is 5.84 Å². The fourth-order valence-corrected chi connectivity index (χ4v) is 1.55. The van der Waals surface area contributed by atoms with Gasteiger partial charge < -0.3 is 5.43 Å². The molecule has 0 spiro atoms. The second-order valence-corrected chi connectivity index (χ2v) is 3.81. The maximum Gasteiger partial charge on any atom is 0.140 e. The van der Waals surface area contributed by atoms with E-state index in [1.165, 1.54) is 0 Å². The van der Waals surface area contributed by atoms with E-state index in [1.807, 2.05) is 17.7 Å². The highest BCUT2D eigenvalue weighted by atomic mass is 35.5. The Morgan fingerprint density at radius 1 is 1.44 bits per heavy atom. The Labute approximate surface area is 98.2 Å². The number of nitrogens with one attached hydrogen (secondary N) is 1. The van der Waals surface area contributed by atoms with Crippen LogP contribution in [-0.4, -0.2) is 14.8 Å². The molecule has 0 aromatic carbocycles. The number of rotatable bonds is 3. The minimum absolute atomic E-state index is 0.535. The molecule has 0 aliphatic rings. The molecule has 0 amide bonds. The van der Waals surface area contributed by atoms with E-state index < -0.39 is 0 Å². The molecular weight excluding hydrogens is 226 g/mol. The zero-order valence-electron chi connectivity index (χ0n) is 8.81. The van der Waals surface area contributed by atoms with Crippen molar-refractivity contribution in [1.29, 1.82) is 0 Å². The maximum atomic E-state index is 6.05. The van der Waals surface area contributed by atoms with Crippen LogP contribution < -0.4 is 11.3 Å². The van der Waals surface area contributed by atoms with Crippen molar-refractivity contribution in [3.63, 3.8) is 0 Å². The summed E-state index contributed by atoms with van der Waals surface area (Å²) in [5.41, 5.74) is 4.29. The maximum absolute atomic E-state index is 6.05. The molecule has 0 fully saturated rings. The molecule has 0 bridgehead atoms. The number of aryl methyl sites for hydroxylation is 1. The zero-order valence-corrected chi connectivity index (χ0v) is 9.57. The molecule has 0 aliphatic carbocycles. The standard InChI is InChI=1S/C10H12ClN5/c1-7-4-5-13-16(7)6-9-8(11)2-3-10(14-9)15-12/h2-5H,6,12H2,1H3,(H,14,15). The lowest BCUT2D eigenvalue weighted by atomic mass is 10.3. The highest BCUT2D eigenvalue weighted by molar-refractivity contribution is 6.31. The number of anilines is 1. The summed E-state index contributed by atoms with van der Waals surface area (Å²) in [4.78, 5) is 4.28. The zero-order chi connectivity index (χ0) is 11.5. The van der Waals surface area contributed by atoms with Crippen LogP contribution in [0.1, 0.15) is 11.4 Å². The summed E-state index contributed by atoms with van der Waals surface area (Å²) < 4.78 is 1.83. The molecular formula is C10H12ClN5. The van der Waals surface area contributed by atoms with Gasteiger partial charge >= 0.3 is 0 Å². The van der Waals surface area contributed by atoms with Gasteiger partial charge in [-0.25, -0.2) is 10.8 Å². The number of hydrogen-bond acceptors (Lipinski definition) is 4. The average molecular weight is 238 g/mol. The smallest absolute Gasteiger partial charge is 0.140 e. The Morgan fingerprint density at radius 3 is 2.88 bits per heavy atom. The predicted octanol–water partition coefficient (Wildman–Crippen LogP) is 1.57. The summed E-state index contributed by atoms with van der Waals surface area (Å²) in [6.45, 7) is 2.51. The molecule has 2 aromatic heterocycles. The SMILES string of the molecule is Cc1ccnn1Cc1nc(NN)ccc1Cl. The summed E-state index contributed by atoms with van der Waals surface area (Å²) in [6.07, 6.45) is 1.74. The van der Waals surface area contributed by atoms with E-state index in [9.17, 15) is 0 Å². The van der Waals surface area contributed by atoms with Crippen LogP contribution in [0.15, 0.2) is 24.4 Å². The lowest BCUT2D eigenvalue weighted by Crippen LogP contribution is -2.11. The Hall–Kier alpha value is -1.59. The lowest BCUT2D eigenvalue weighted by molar-refractivity contribution is 0.653. The normalized spacial score (nSPS) is 10.4. The van der Waals surface area contributed by atoms with Crippen LogP contribution in [0.5, 0.6) is 0 Å². The minimum Gasteiger partial charge on any atom is -0.308 e. The summed E-state index contributed by atoms with van der Waals surface area (Å²) in [5, 5.41) is 4.78. The van der Waals surface area contributed by atoms with Crippen molar-refractivity contribution >= 4 is 17.4 Å². The van der Waals surface area contributed by atoms with Crippen LogP contribution in [-0.2, 0) is 6.54 Å². The van der Waals surface area contributed by atoms with Crippen LogP contribution in [0.3, 0.4) is 0 Å². The van der Waals surface area contributed by atoms with E-state index in [0.717, 1.165) is 11.4 Å². The molecule has 16 heavy (non-hydrogen) atoms. The van der Waals surface area contributed by atoms with E-state index >= 15 is 0 Å². The summed E-state index contributed by atoms with van der Waals surface area (Å²) in [6, 6.07) is 5.42. The predicted molar refractivity (Wildman–Crippen MR) is 63.1 cm³/mol. The third-order valence-corrected chi connectivity index (χ3v) is 2.64. The second-order valence-electron chi connectivity index (χ2n) is 3.40. The van der Waals surface area contributed by atoms with Gasteiger partial charge in [-0.3, -0.25) is 4.68 Å². The molecule has 6 heteroatoms. The minimum atomic E-state index is 0.535. The van der Waals surface area contributed by atoms with E-state index in [-0.39, 0.29) is 0 Å². The number of pyridine rings is 1. The van der Waals surface area contributed by atoms with Crippen molar-refractivity contribution < 1.29 is 0 Å². The Kier molecular flexibility index (Phi) is 3.07. The summed E-state index contributed by atoms with van der Waals surface area (Å²) in [5.74, 6) is 5.88. The Balaban J connectivity index is 2.30. The first kappa shape index (κ1) is 10.9. The molecule has 0 saturated heterocycles. The molecule has 3 N–H and O–H groups in total. The molecule has 2 aromatic rings. The largest absolute Gasteiger partial charge is 0.308 e. The van der Waals surface area contributed by atoms with Gasteiger partial charge in [0.15, 0.2) is 0 Å². The van der Waals surface area contributed by atoms with Crippen LogP contribution in [0.25, 0.3) is 0 Å². The van der Waals surface area contributed by atoms with Crippen molar-refractivity contribution in [3.05, 3.63) is 40.8 Å². The van der Waals surface area contributed by atoms with Gasteiger partial charge in [-0.2, -0.15) is 5.10 Å². The number of nitrogens with two attached hydrogens (primary N) is 1. The molecule has 84 valence electrons. The molecule has 0 radical (unpaired) electrons. The second kappa shape index (κ2) is 4.51. The van der Waals surface area contributed by atoms with Gasteiger partial charge in [0, 0.05) is 11.9 Å². The first-order chi connectivity index (χ1) is 7.70. The van der Waals surface area contributed by atoms with Crippen molar-refractivity contribution in [2.45, 2.75) is 13.5 Å². The quantitative estimate of drug-likeness (QED) is 0.628. The molecule has 2 rings (SSSR count). The third kappa shape index (κ3) is 2.15. The van der Waals surface area contributed by atoms with Crippen LogP contribution >= 0.6 is 11.6 Å². The number of hydrogen-bond donors (Lipinski definition) is 2. The van der Waals surface area contributed by atoms with Gasteiger partial charge in [-0.15, -0.1) is 0 Å². The lowest BCUT2D eigenvalue weighted by Gasteiger charge is -2.07. The van der Waals surface area contributed by atoms with Crippen LogP contribution in [0.2, 0.25) is 5.02 Å². The highest BCUT2D eigenvalue weighted by Crippen LogP contribution is 2.17. The Bertz CT molecular complexity index is 494. The first-order valence-electron chi connectivity index (χ1n) is 4.81. The molecule has 0 saturated carbocycles. The molecule has 0 unspecified atom stereocenters. The van der Waals surface area contributed by atoms with E-state index in [2.05, 4.69) is 15.5 Å². The van der Waals surface area contributed by atoms with E-state index in [0.29, 0.717) is 17.4 Å². The van der Waals surface area contributed by atoms with Gasteiger partial charge in [-0.1, -0.05) is 11.6 Å². The van der Waals surface area contributed by atoms with E-state index in [4.69, 9.17) is 17.4 Å². The van der Waals surface area contributed by atoms with Crippen molar-refractivity contribution in [1.82, 2.24) is 14.8 Å². The van der Waals surface area contributed by atoms with Crippen LogP contribution in [0.4, 0.5) is 5.82 Å². The number of nitrogens with zero attached hydrogens (tertiary/aromatic N) is 3. The fourth-order valence-electron chi connectivity index (χ4n) is 1.38. The van der Waals surface area contributed by atoms with Crippen molar-refractivity contribution in [3.8, 4) is 0 Å². The van der Waals surface area contributed by atoms with Gasteiger partial charge in [0.1, 0.15) is 5.82 Å². The van der Waals surface area contributed by atoms with E-state index in [1.54, 1.807) is 18.3 Å². The highest BCUT2D eigenvalue weighted by Gasteiger charge is 2.06. The van der Waals surface area contributed by atoms with Gasteiger partial charge in [-0.05, 0) is 25.1 Å². The van der Waals surface area contributed by atoms with Crippen molar-refractivity contribution in [2.75, 3.05) is 5.43 Å². The number of aromatic nitrogens is 3. The first-order valence-corrected chi connectivity index (χ1v) is 5.19.